The van der Waals surface area contributed by atoms with Crippen LogP contribution in [0.25, 0.3) is 0 Å². The maximum Gasteiger partial charge on any atom is 0.230 e. The minimum Gasteiger partial charge on any atom is -0.369 e. The van der Waals surface area contributed by atoms with Crippen LogP contribution in [-0.2, 0) is 0 Å². The highest BCUT2D eigenvalue weighted by Gasteiger charge is 2.03. The van der Waals surface area contributed by atoms with Crippen molar-refractivity contribution in [2.24, 2.45) is 0 Å². The fraction of sp³-hybridized carbons (Fsp3) is 0.417. The van der Waals surface area contributed by atoms with Crippen molar-refractivity contribution in [3.05, 3.63) is 24.1 Å². The van der Waals surface area contributed by atoms with Gasteiger partial charge in [-0.15, -0.1) is 0 Å². The first-order valence-corrected chi connectivity index (χ1v) is 6.05. The molecule has 0 saturated heterocycles. The summed E-state index contributed by atoms with van der Waals surface area (Å²) in [5.74, 6) is 2.61. The summed E-state index contributed by atoms with van der Waals surface area (Å²) in [6, 6.07) is 3.62. The summed E-state index contributed by atoms with van der Waals surface area (Å²) in [6.07, 6.45) is 1.69. The Morgan fingerprint density at radius 2 is 2.16 bits per heavy atom. The van der Waals surface area contributed by atoms with Crippen LogP contribution in [0.3, 0.4) is 0 Å². The van der Waals surface area contributed by atoms with Crippen molar-refractivity contribution >= 4 is 17.6 Å². The zero-order valence-electron chi connectivity index (χ0n) is 11.3. The molecule has 0 amide bonds. The van der Waals surface area contributed by atoms with Crippen LogP contribution >= 0.6 is 0 Å². The Bertz CT molecular complexity index is 524. The van der Waals surface area contributed by atoms with Gasteiger partial charge in [0.05, 0.1) is 0 Å². The highest BCUT2D eigenvalue weighted by Crippen LogP contribution is 2.13. The van der Waals surface area contributed by atoms with Gasteiger partial charge in [-0.05, 0) is 27.1 Å². The first-order chi connectivity index (χ1) is 9.13. The van der Waals surface area contributed by atoms with Crippen molar-refractivity contribution in [2.45, 2.75) is 6.92 Å². The number of rotatable bonds is 6. The highest BCUT2D eigenvalue weighted by molar-refractivity contribution is 5.49. The van der Waals surface area contributed by atoms with Crippen LogP contribution in [0.1, 0.15) is 5.76 Å². The lowest BCUT2D eigenvalue weighted by Gasteiger charge is -2.11. The Labute approximate surface area is 112 Å². The number of nitrogens with zero attached hydrogens (tertiary/aromatic N) is 4. The molecule has 19 heavy (non-hydrogen) atoms. The largest absolute Gasteiger partial charge is 0.369 e. The van der Waals surface area contributed by atoms with Crippen LogP contribution in [0.4, 0.5) is 17.6 Å². The van der Waals surface area contributed by atoms with Crippen LogP contribution < -0.4 is 10.6 Å². The van der Waals surface area contributed by atoms with E-state index in [9.17, 15) is 0 Å². The van der Waals surface area contributed by atoms with E-state index in [0.717, 1.165) is 24.7 Å². The molecule has 2 heterocycles. The van der Waals surface area contributed by atoms with Gasteiger partial charge in [0.2, 0.25) is 5.95 Å². The summed E-state index contributed by atoms with van der Waals surface area (Å²) < 4.78 is 4.97. The number of hydrogen-bond donors (Lipinski definition) is 2. The number of aryl methyl sites for hydroxylation is 1. The van der Waals surface area contributed by atoms with Crippen LogP contribution in [0.15, 0.2) is 22.9 Å². The molecule has 0 fully saturated rings. The van der Waals surface area contributed by atoms with Crippen molar-refractivity contribution < 1.29 is 4.52 Å². The average Bonchev–Trinajstić information content (AvgIpc) is 2.75. The molecule has 0 atom stereocenters. The second kappa shape index (κ2) is 6.14. The number of hydrogen-bond acceptors (Lipinski definition) is 7. The zero-order valence-corrected chi connectivity index (χ0v) is 11.3. The Morgan fingerprint density at radius 1 is 1.32 bits per heavy atom. The molecule has 7 heteroatoms. The predicted octanol–water partition coefficient (Wildman–Crippen LogP) is 1.49. The molecule has 102 valence electrons. The van der Waals surface area contributed by atoms with Gasteiger partial charge in [0, 0.05) is 25.4 Å². The minimum absolute atomic E-state index is 0.489. The topological polar surface area (TPSA) is 79.1 Å². The van der Waals surface area contributed by atoms with E-state index >= 15 is 0 Å². The van der Waals surface area contributed by atoms with Gasteiger partial charge in [-0.2, -0.15) is 4.98 Å². The molecule has 0 spiro atoms. The van der Waals surface area contributed by atoms with E-state index in [1.54, 1.807) is 12.3 Å². The van der Waals surface area contributed by atoms with E-state index in [0.29, 0.717) is 11.8 Å². The molecule has 0 radical (unpaired) electrons. The third kappa shape index (κ3) is 4.22. The van der Waals surface area contributed by atoms with Crippen LogP contribution in [-0.4, -0.2) is 47.2 Å². The van der Waals surface area contributed by atoms with E-state index in [4.69, 9.17) is 4.52 Å². The molecule has 0 unspecified atom stereocenters. The molecule has 0 aliphatic carbocycles. The normalized spacial score (nSPS) is 10.7. The predicted molar refractivity (Wildman–Crippen MR) is 73.6 cm³/mol. The maximum atomic E-state index is 4.97. The molecule has 2 N–H and O–H groups in total. The van der Waals surface area contributed by atoms with Crippen LogP contribution in [0.5, 0.6) is 0 Å². The van der Waals surface area contributed by atoms with E-state index < -0.39 is 0 Å². The third-order valence-electron chi connectivity index (χ3n) is 2.39. The standard InChI is InChI=1S/C12H18N6O/c1-9-8-11(17-19-9)16-12-14-5-4-10(15-12)13-6-7-18(2)3/h4-5,8H,6-7H2,1-3H3,(H2,13,14,15,16,17). The first kappa shape index (κ1) is 13.3. The smallest absolute Gasteiger partial charge is 0.230 e. The van der Waals surface area contributed by atoms with Gasteiger partial charge in [-0.25, -0.2) is 4.98 Å². The molecule has 7 nitrogen and oxygen atoms in total. The minimum atomic E-state index is 0.489. The second-order valence-electron chi connectivity index (χ2n) is 4.44. The molecule has 0 aliphatic rings. The Morgan fingerprint density at radius 3 is 2.84 bits per heavy atom. The highest BCUT2D eigenvalue weighted by atomic mass is 16.5. The van der Waals surface area contributed by atoms with E-state index in [-0.39, 0.29) is 0 Å². The molecule has 0 bridgehead atoms. The third-order valence-corrected chi connectivity index (χ3v) is 2.39. The average molecular weight is 262 g/mol. The van der Waals surface area contributed by atoms with Crippen molar-refractivity contribution in [1.29, 1.82) is 0 Å². The van der Waals surface area contributed by atoms with Crippen molar-refractivity contribution in [3.63, 3.8) is 0 Å². The summed E-state index contributed by atoms with van der Waals surface area (Å²) >= 11 is 0. The summed E-state index contributed by atoms with van der Waals surface area (Å²) in [5.41, 5.74) is 0. The van der Waals surface area contributed by atoms with Crippen molar-refractivity contribution in [2.75, 3.05) is 37.8 Å². The lowest BCUT2D eigenvalue weighted by Crippen LogP contribution is -2.21. The number of likely N-dealkylation sites (N-methyl/N-ethyl adjacent to an activating group) is 1. The van der Waals surface area contributed by atoms with Crippen LogP contribution in [0, 0.1) is 6.92 Å². The van der Waals surface area contributed by atoms with Crippen molar-refractivity contribution in [1.82, 2.24) is 20.0 Å². The Balaban J connectivity index is 1.95. The molecule has 2 aromatic rings. The fourth-order valence-corrected chi connectivity index (χ4v) is 1.46. The molecule has 0 aliphatic heterocycles. The van der Waals surface area contributed by atoms with E-state index in [1.807, 2.05) is 27.1 Å². The van der Waals surface area contributed by atoms with E-state index in [1.165, 1.54) is 0 Å². The summed E-state index contributed by atoms with van der Waals surface area (Å²) in [6.45, 7) is 3.60. The number of nitrogens with one attached hydrogen (secondary N) is 2. The lowest BCUT2D eigenvalue weighted by molar-refractivity contribution is 0.400. The number of aromatic nitrogens is 3. The van der Waals surface area contributed by atoms with Gasteiger partial charge in [0.1, 0.15) is 11.6 Å². The summed E-state index contributed by atoms with van der Waals surface area (Å²) in [5, 5.41) is 10.1. The molecule has 0 saturated carbocycles. The second-order valence-corrected chi connectivity index (χ2v) is 4.44. The van der Waals surface area contributed by atoms with Gasteiger partial charge in [-0.1, -0.05) is 5.16 Å². The van der Waals surface area contributed by atoms with Crippen molar-refractivity contribution in [3.8, 4) is 0 Å². The molecular formula is C12H18N6O. The summed E-state index contributed by atoms with van der Waals surface area (Å²) in [4.78, 5) is 10.6. The first-order valence-electron chi connectivity index (χ1n) is 6.05. The molecule has 2 aromatic heterocycles. The lowest BCUT2D eigenvalue weighted by atomic mass is 10.5. The zero-order chi connectivity index (χ0) is 13.7. The quantitative estimate of drug-likeness (QED) is 0.816. The van der Waals surface area contributed by atoms with Gasteiger partial charge < -0.3 is 20.1 Å². The molecule has 0 aromatic carbocycles. The number of anilines is 3. The van der Waals surface area contributed by atoms with Gasteiger partial charge >= 0.3 is 0 Å². The Hall–Kier alpha value is -2.15. The summed E-state index contributed by atoms with van der Waals surface area (Å²) in [7, 11) is 4.06. The fourth-order valence-electron chi connectivity index (χ4n) is 1.46. The van der Waals surface area contributed by atoms with Gasteiger partial charge in [0.25, 0.3) is 0 Å². The van der Waals surface area contributed by atoms with Gasteiger partial charge in [-0.3, -0.25) is 0 Å². The SMILES string of the molecule is Cc1cc(Nc2nccc(NCCN(C)C)n2)no1. The molecular weight excluding hydrogens is 244 g/mol. The monoisotopic (exact) mass is 262 g/mol. The molecule has 2 rings (SSSR count). The Kier molecular flexibility index (Phi) is 4.30. The van der Waals surface area contributed by atoms with Crippen LogP contribution in [0.2, 0.25) is 0 Å². The van der Waals surface area contributed by atoms with Gasteiger partial charge in [0.15, 0.2) is 5.82 Å². The maximum absolute atomic E-state index is 4.97. The van der Waals surface area contributed by atoms with E-state index in [2.05, 4.69) is 30.7 Å².